The first-order valence-corrected chi connectivity index (χ1v) is 11.1. The van der Waals surface area contributed by atoms with Gasteiger partial charge in [0.1, 0.15) is 35.8 Å². The van der Waals surface area contributed by atoms with Crippen molar-refractivity contribution in [2.75, 3.05) is 20.2 Å². The van der Waals surface area contributed by atoms with Gasteiger partial charge in [-0.3, -0.25) is 4.79 Å². The Morgan fingerprint density at radius 3 is 2.42 bits per heavy atom. The number of hydrogen-bond donors (Lipinski definition) is 0. The Labute approximate surface area is 193 Å². The Hall–Kier alpha value is -3.54. The van der Waals surface area contributed by atoms with Crippen molar-refractivity contribution < 1.29 is 23.4 Å². The molecule has 0 spiro atoms. The summed E-state index contributed by atoms with van der Waals surface area (Å²) in [6, 6.07) is 21.4. The molecule has 172 valence electrons. The van der Waals surface area contributed by atoms with Gasteiger partial charge in [0.2, 0.25) is 5.91 Å². The highest BCUT2D eigenvalue weighted by Gasteiger charge is 2.24. The number of carbonyl (C=O) groups excluding carboxylic acids is 1. The van der Waals surface area contributed by atoms with Crippen LogP contribution in [0.25, 0.3) is 0 Å². The van der Waals surface area contributed by atoms with Gasteiger partial charge < -0.3 is 19.1 Å². The fraction of sp³-hybridized carbons (Fsp3) is 0.296. The van der Waals surface area contributed by atoms with Crippen LogP contribution in [0.5, 0.6) is 17.2 Å². The van der Waals surface area contributed by atoms with Crippen molar-refractivity contribution in [3.63, 3.8) is 0 Å². The van der Waals surface area contributed by atoms with Crippen LogP contribution in [0.2, 0.25) is 0 Å². The molecular weight excluding hydrogens is 421 g/mol. The number of likely N-dealkylation sites (tertiary alicyclic amines) is 1. The van der Waals surface area contributed by atoms with E-state index < -0.39 is 0 Å². The van der Waals surface area contributed by atoms with Crippen molar-refractivity contribution in [3.8, 4) is 17.2 Å². The minimum atomic E-state index is -0.271. The van der Waals surface area contributed by atoms with E-state index in [1.165, 1.54) is 12.1 Å². The van der Waals surface area contributed by atoms with Crippen LogP contribution in [-0.2, 0) is 17.8 Å². The van der Waals surface area contributed by atoms with Crippen molar-refractivity contribution in [3.05, 3.63) is 89.7 Å². The molecule has 1 amide bonds. The Morgan fingerprint density at radius 1 is 0.970 bits per heavy atom. The van der Waals surface area contributed by atoms with Crippen LogP contribution in [0.1, 0.15) is 24.0 Å². The number of carbonyl (C=O) groups is 1. The number of para-hydroxylation sites is 1. The van der Waals surface area contributed by atoms with E-state index in [-0.39, 0.29) is 17.8 Å². The van der Waals surface area contributed by atoms with Crippen molar-refractivity contribution in [1.82, 2.24) is 4.90 Å². The maximum atomic E-state index is 13.3. The first-order chi connectivity index (χ1) is 16.1. The molecule has 1 heterocycles. The quantitative estimate of drug-likeness (QED) is 0.484. The monoisotopic (exact) mass is 449 g/mol. The van der Waals surface area contributed by atoms with Crippen molar-refractivity contribution in [2.24, 2.45) is 0 Å². The fourth-order valence-electron chi connectivity index (χ4n) is 3.95. The Bertz CT molecular complexity index is 1060. The van der Waals surface area contributed by atoms with Crippen LogP contribution in [0.3, 0.4) is 0 Å². The summed E-state index contributed by atoms with van der Waals surface area (Å²) in [4.78, 5) is 14.6. The molecule has 0 radical (unpaired) electrons. The molecule has 0 bridgehead atoms. The van der Waals surface area contributed by atoms with Crippen molar-refractivity contribution in [2.45, 2.75) is 32.0 Å². The molecule has 6 heteroatoms. The Morgan fingerprint density at radius 2 is 1.70 bits per heavy atom. The highest BCUT2D eigenvalue weighted by atomic mass is 19.1. The van der Waals surface area contributed by atoms with Crippen LogP contribution in [0.4, 0.5) is 4.39 Å². The first-order valence-electron chi connectivity index (χ1n) is 11.1. The van der Waals surface area contributed by atoms with E-state index in [9.17, 15) is 9.18 Å². The van der Waals surface area contributed by atoms with E-state index in [0.29, 0.717) is 31.9 Å². The molecule has 0 aromatic heterocycles. The van der Waals surface area contributed by atoms with E-state index >= 15 is 0 Å². The second kappa shape index (κ2) is 10.9. The smallest absolute Gasteiger partial charge is 0.227 e. The van der Waals surface area contributed by atoms with E-state index in [1.54, 1.807) is 13.2 Å². The second-order valence-corrected chi connectivity index (χ2v) is 8.08. The SMILES string of the molecule is COc1ccccc1CC(=O)N1CCC(Oc2ccc(OCc3cccc(F)c3)cc2)CC1. The lowest BCUT2D eigenvalue weighted by molar-refractivity contribution is -0.132. The molecule has 1 fully saturated rings. The van der Waals surface area contributed by atoms with Gasteiger partial charge in [-0.25, -0.2) is 4.39 Å². The average Bonchev–Trinajstić information content (AvgIpc) is 2.84. The molecular formula is C27H28FNO4. The predicted octanol–water partition coefficient (Wildman–Crippen LogP) is 5.03. The summed E-state index contributed by atoms with van der Waals surface area (Å²) in [5.74, 6) is 2.05. The van der Waals surface area contributed by atoms with Crippen molar-refractivity contribution in [1.29, 1.82) is 0 Å². The van der Waals surface area contributed by atoms with Crippen LogP contribution < -0.4 is 14.2 Å². The van der Waals surface area contributed by atoms with Gasteiger partial charge in [-0.1, -0.05) is 30.3 Å². The number of piperidine rings is 1. The minimum absolute atomic E-state index is 0.0689. The zero-order valence-electron chi connectivity index (χ0n) is 18.7. The topological polar surface area (TPSA) is 48.0 Å². The van der Waals surface area contributed by atoms with Gasteiger partial charge >= 0.3 is 0 Å². The summed E-state index contributed by atoms with van der Waals surface area (Å²) in [6.07, 6.45) is 1.98. The summed E-state index contributed by atoms with van der Waals surface area (Å²) in [7, 11) is 1.62. The number of hydrogen-bond acceptors (Lipinski definition) is 4. The standard InChI is InChI=1S/C27H28FNO4/c1-31-26-8-3-2-6-21(26)18-27(30)29-15-13-25(14-16-29)33-24-11-9-23(10-12-24)32-19-20-5-4-7-22(28)17-20/h2-12,17,25H,13-16,18-19H2,1H3. The summed E-state index contributed by atoms with van der Waals surface area (Å²) in [5, 5.41) is 0. The number of amides is 1. The van der Waals surface area contributed by atoms with E-state index in [4.69, 9.17) is 14.2 Å². The molecule has 1 aliphatic heterocycles. The molecule has 0 unspecified atom stereocenters. The van der Waals surface area contributed by atoms with Gasteiger partial charge in [0.05, 0.1) is 13.5 Å². The number of benzene rings is 3. The maximum Gasteiger partial charge on any atom is 0.227 e. The van der Waals surface area contributed by atoms with Crippen LogP contribution >= 0.6 is 0 Å². The van der Waals surface area contributed by atoms with Crippen molar-refractivity contribution >= 4 is 5.91 Å². The molecule has 0 saturated carbocycles. The molecule has 1 aliphatic rings. The third kappa shape index (κ3) is 6.25. The lowest BCUT2D eigenvalue weighted by atomic mass is 10.1. The highest BCUT2D eigenvalue weighted by Crippen LogP contribution is 2.24. The molecule has 0 atom stereocenters. The molecule has 3 aromatic rings. The summed E-state index contributed by atoms with van der Waals surface area (Å²) < 4.78 is 30.5. The minimum Gasteiger partial charge on any atom is -0.496 e. The van der Waals surface area contributed by atoms with Gasteiger partial charge in [0.25, 0.3) is 0 Å². The Kier molecular flexibility index (Phi) is 7.45. The normalized spacial score (nSPS) is 14.1. The second-order valence-electron chi connectivity index (χ2n) is 8.08. The Balaban J connectivity index is 1.23. The number of nitrogens with zero attached hydrogens (tertiary/aromatic N) is 1. The number of halogens is 1. The van der Waals surface area contributed by atoms with Crippen LogP contribution in [0, 0.1) is 5.82 Å². The number of ether oxygens (including phenoxy) is 3. The summed E-state index contributed by atoms with van der Waals surface area (Å²) in [5.41, 5.74) is 1.69. The average molecular weight is 450 g/mol. The summed E-state index contributed by atoms with van der Waals surface area (Å²) in [6.45, 7) is 1.65. The lowest BCUT2D eigenvalue weighted by Crippen LogP contribution is -2.42. The molecule has 5 nitrogen and oxygen atoms in total. The molecule has 1 saturated heterocycles. The van der Waals surface area contributed by atoms with Crippen LogP contribution in [0.15, 0.2) is 72.8 Å². The number of methoxy groups -OCH3 is 1. The summed E-state index contributed by atoms with van der Waals surface area (Å²) >= 11 is 0. The van der Waals surface area contributed by atoms with Gasteiger partial charge in [-0.2, -0.15) is 0 Å². The van der Waals surface area contributed by atoms with E-state index in [0.717, 1.165) is 35.5 Å². The molecule has 0 aliphatic carbocycles. The fourth-order valence-corrected chi connectivity index (χ4v) is 3.95. The lowest BCUT2D eigenvalue weighted by Gasteiger charge is -2.32. The van der Waals surface area contributed by atoms with Gasteiger partial charge in [0.15, 0.2) is 0 Å². The van der Waals surface area contributed by atoms with Gasteiger partial charge in [0, 0.05) is 31.5 Å². The zero-order valence-corrected chi connectivity index (χ0v) is 18.7. The van der Waals surface area contributed by atoms with E-state index in [1.807, 2.05) is 59.5 Å². The van der Waals surface area contributed by atoms with Gasteiger partial charge in [-0.15, -0.1) is 0 Å². The highest BCUT2D eigenvalue weighted by molar-refractivity contribution is 5.79. The van der Waals surface area contributed by atoms with E-state index in [2.05, 4.69) is 0 Å². The molecule has 0 N–H and O–H groups in total. The third-order valence-corrected chi connectivity index (χ3v) is 5.75. The molecule has 4 rings (SSSR count). The first kappa shape index (κ1) is 22.6. The zero-order chi connectivity index (χ0) is 23.0. The third-order valence-electron chi connectivity index (χ3n) is 5.75. The van der Waals surface area contributed by atoms with Crippen LogP contribution in [-0.4, -0.2) is 37.1 Å². The largest absolute Gasteiger partial charge is 0.496 e. The number of rotatable bonds is 8. The molecule has 3 aromatic carbocycles. The molecule has 33 heavy (non-hydrogen) atoms. The van der Waals surface area contributed by atoms with Gasteiger partial charge in [-0.05, 0) is 48.0 Å². The maximum absolute atomic E-state index is 13.3. The predicted molar refractivity (Wildman–Crippen MR) is 124 cm³/mol.